The van der Waals surface area contributed by atoms with Gasteiger partial charge in [-0.15, -0.1) is 0 Å². The van der Waals surface area contributed by atoms with E-state index in [4.69, 9.17) is 0 Å². The quantitative estimate of drug-likeness (QED) is 0.506. The highest BCUT2D eigenvalue weighted by Gasteiger charge is 1.91. The first-order valence-corrected chi connectivity index (χ1v) is 4.58. The van der Waals surface area contributed by atoms with Crippen LogP contribution in [-0.4, -0.2) is 31.9 Å². The van der Waals surface area contributed by atoms with Gasteiger partial charge in [0.25, 0.3) is 0 Å². The zero-order chi connectivity index (χ0) is 9.98. The van der Waals surface area contributed by atoms with E-state index in [1.807, 2.05) is 45.8 Å². The molecular weight excluding hydrogens is 148 g/mol. The highest BCUT2D eigenvalue weighted by atomic mass is 14.9. The van der Waals surface area contributed by atoms with Crippen molar-refractivity contribution < 1.29 is 4.58 Å². The largest absolute Gasteiger partial charge is 0.394 e. The van der Waals surface area contributed by atoms with Gasteiger partial charge < -0.3 is 5.32 Å². The molecule has 0 bridgehead atoms. The van der Waals surface area contributed by atoms with Crippen molar-refractivity contribution in [2.24, 2.45) is 0 Å². The van der Waals surface area contributed by atoms with Gasteiger partial charge in [-0.2, -0.15) is 0 Å². The number of nitrogens with one attached hydrogen (secondary N) is 1. The van der Waals surface area contributed by atoms with Crippen LogP contribution in [0.4, 0.5) is 0 Å². The number of nitrogens with zero attached hydrogens (tertiary/aromatic N) is 1. The molecule has 0 atom stereocenters. The van der Waals surface area contributed by atoms with Crippen LogP contribution in [-0.2, 0) is 0 Å². The summed E-state index contributed by atoms with van der Waals surface area (Å²) in [6, 6.07) is 0. The minimum Gasteiger partial charge on any atom is -0.394 e. The maximum absolute atomic E-state index is 3.00. The second-order valence-electron chi connectivity index (χ2n) is 2.45. The van der Waals surface area contributed by atoms with E-state index in [2.05, 4.69) is 18.5 Å². The highest BCUT2D eigenvalue weighted by Crippen LogP contribution is 1.92. The second kappa shape index (κ2) is 10.2. The lowest BCUT2D eigenvalue weighted by molar-refractivity contribution is -0.459. The average Bonchev–Trinajstić information content (AvgIpc) is 2.07. The number of rotatable bonds is 3. The smallest absolute Gasteiger partial charge is 0.167 e. The Kier molecular flexibility index (Phi) is 11.7. The van der Waals surface area contributed by atoms with Gasteiger partial charge in [0.15, 0.2) is 6.21 Å². The third kappa shape index (κ3) is 9.21. The van der Waals surface area contributed by atoms with Gasteiger partial charge in [0.05, 0.1) is 0 Å². The Bertz CT molecular complexity index is 142. The van der Waals surface area contributed by atoms with Gasteiger partial charge in [-0.05, 0) is 6.42 Å². The predicted octanol–water partition coefficient (Wildman–Crippen LogP) is 1.87. The third-order valence-corrected chi connectivity index (χ3v) is 1.16. The van der Waals surface area contributed by atoms with Gasteiger partial charge in [-0.25, -0.2) is 4.58 Å². The molecule has 0 heterocycles. The lowest BCUT2D eigenvalue weighted by atomic mass is 10.2. The lowest BCUT2D eigenvalue weighted by Crippen LogP contribution is -2.04. The Hall–Kier alpha value is -0.790. The molecule has 72 valence electrons. The monoisotopic (exact) mass is 171 g/mol. The summed E-state index contributed by atoms with van der Waals surface area (Å²) in [5.74, 6) is 0. The Morgan fingerprint density at radius 2 is 1.83 bits per heavy atom. The average molecular weight is 171 g/mol. The van der Waals surface area contributed by atoms with Crippen molar-refractivity contribution in [1.29, 1.82) is 0 Å². The molecule has 0 aliphatic carbocycles. The van der Waals surface area contributed by atoms with E-state index in [0.717, 1.165) is 6.42 Å². The molecule has 2 nitrogen and oxygen atoms in total. The molecule has 0 aliphatic heterocycles. The van der Waals surface area contributed by atoms with E-state index >= 15 is 0 Å². The summed E-state index contributed by atoms with van der Waals surface area (Å²) in [5, 5.41) is 3.00. The number of hydrogen-bond donors (Lipinski definition) is 1. The molecule has 1 N–H and O–H groups in total. The first-order valence-electron chi connectivity index (χ1n) is 4.58. The number of allylic oxidation sites excluding steroid dienone is 1. The van der Waals surface area contributed by atoms with Gasteiger partial charge in [0, 0.05) is 18.8 Å². The van der Waals surface area contributed by atoms with E-state index in [9.17, 15) is 0 Å². The maximum Gasteiger partial charge on any atom is 0.167 e. The van der Waals surface area contributed by atoms with Crippen molar-refractivity contribution >= 4 is 6.21 Å². The van der Waals surface area contributed by atoms with E-state index in [1.165, 1.54) is 5.57 Å². The van der Waals surface area contributed by atoms with Gasteiger partial charge >= 0.3 is 0 Å². The van der Waals surface area contributed by atoms with Crippen LogP contribution in [0.3, 0.4) is 0 Å². The van der Waals surface area contributed by atoms with Crippen molar-refractivity contribution in [3.8, 4) is 0 Å². The lowest BCUT2D eigenvalue weighted by Gasteiger charge is -1.93. The van der Waals surface area contributed by atoms with Crippen LogP contribution in [0.25, 0.3) is 0 Å². The molecule has 0 radical (unpaired) electrons. The molecule has 12 heavy (non-hydrogen) atoms. The molecule has 0 rings (SSSR count). The Balaban J connectivity index is 0. The Morgan fingerprint density at radius 3 is 2.08 bits per heavy atom. The summed E-state index contributed by atoms with van der Waals surface area (Å²) in [6.07, 6.45) is 5.19. The minimum atomic E-state index is 1.07. The molecular formula is C10H23N2+. The van der Waals surface area contributed by atoms with Crippen molar-refractivity contribution in [3.05, 3.63) is 11.8 Å². The Morgan fingerprint density at radius 1 is 1.33 bits per heavy atom. The van der Waals surface area contributed by atoms with Crippen molar-refractivity contribution in [2.45, 2.75) is 27.2 Å². The first kappa shape index (κ1) is 13.8. The standard InChI is InChI=1S/C8H16N2.C2H6/c1-5-8(6-9-2)7-10(3)4;1-2/h6-7H,5H2,1-4H3;1-2H3/p+1. The molecule has 0 saturated carbocycles. The molecule has 0 aromatic rings. The zero-order valence-electron chi connectivity index (χ0n) is 9.31. The zero-order valence-corrected chi connectivity index (χ0v) is 9.31. The fourth-order valence-electron chi connectivity index (χ4n) is 0.748. The summed E-state index contributed by atoms with van der Waals surface area (Å²) in [5.41, 5.74) is 1.31. The summed E-state index contributed by atoms with van der Waals surface area (Å²) in [6.45, 7) is 6.14. The van der Waals surface area contributed by atoms with Gasteiger partial charge in [-0.3, -0.25) is 0 Å². The van der Waals surface area contributed by atoms with Gasteiger partial charge in [-0.1, -0.05) is 20.8 Å². The Labute approximate surface area is 77.0 Å². The molecule has 2 heteroatoms. The predicted molar refractivity (Wildman–Crippen MR) is 57.0 cm³/mol. The van der Waals surface area contributed by atoms with Gasteiger partial charge in [0.2, 0.25) is 0 Å². The second-order valence-corrected chi connectivity index (χ2v) is 2.45. The summed E-state index contributed by atoms with van der Waals surface area (Å²) in [4.78, 5) is 0. The molecule has 0 aliphatic rings. The van der Waals surface area contributed by atoms with Crippen molar-refractivity contribution in [3.63, 3.8) is 0 Å². The summed E-state index contributed by atoms with van der Waals surface area (Å²) < 4.78 is 2.05. The van der Waals surface area contributed by atoms with Crippen LogP contribution < -0.4 is 5.32 Å². The SMILES string of the molecule is CC.CC/C(C=[N+](C)C)=C\NC. The van der Waals surface area contributed by atoms with E-state index in [0.29, 0.717) is 0 Å². The summed E-state index contributed by atoms with van der Waals surface area (Å²) >= 11 is 0. The van der Waals surface area contributed by atoms with E-state index in [1.54, 1.807) is 0 Å². The highest BCUT2D eigenvalue weighted by molar-refractivity contribution is 5.73. The van der Waals surface area contributed by atoms with Gasteiger partial charge in [0.1, 0.15) is 14.1 Å². The molecule has 0 amide bonds. The van der Waals surface area contributed by atoms with Crippen LogP contribution in [0.2, 0.25) is 0 Å². The van der Waals surface area contributed by atoms with Crippen LogP contribution in [0.1, 0.15) is 27.2 Å². The van der Waals surface area contributed by atoms with E-state index in [-0.39, 0.29) is 0 Å². The first-order chi connectivity index (χ1) is 5.70. The normalized spacial score (nSPS) is 9.67. The topological polar surface area (TPSA) is 15.0 Å². The minimum absolute atomic E-state index is 1.07. The summed E-state index contributed by atoms with van der Waals surface area (Å²) in [7, 11) is 5.97. The van der Waals surface area contributed by atoms with Crippen LogP contribution >= 0.6 is 0 Å². The van der Waals surface area contributed by atoms with Crippen molar-refractivity contribution in [1.82, 2.24) is 5.32 Å². The molecule has 0 aromatic carbocycles. The fourth-order valence-corrected chi connectivity index (χ4v) is 0.748. The van der Waals surface area contributed by atoms with Crippen molar-refractivity contribution in [2.75, 3.05) is 21.1 Å². The van der Waals surface area contributed by atoms with E-state index < -0.39 is 0 Å². The third-order valence-electron chi connectivity index (χ3n) is 1.16. The van der Waals surface area contributed by atoms with Crippen LogP contribution in [0.5, 0.6) is 0 Å². The molecule has 0 aromatic heterocycles. The molecule has 0 spiro atoms. The maximum atomic E-state index is 3.00. The molecule has 0 fully saturated rings. The fraction of sp³-hybridized carbons (Fsp3) is 0.700. The number of hydrogen-bond acceptors (Lipinski definition) is 1. The van der Waals surface area contributed by atoms with Crippen LogP contribution in [0.15, 0.2) is 11.8 Å². The molecule has 0 unspecified atom stereocenters. The molecule has 0 saturated heterocycles. The van der Waals surface area contributed by atoms with Crippen LogP contribution in [0, 0.1) is 0 Å².